The number of hydrogen-bond acceptors (Lipinski definition) is 3. The maximum atomic E-state index is 12.1. The van der Waals surface area contributed by atoms with E-state index in [0.29, 0.717) is 5.25 Å². The van der Waals surface area contributed by atoms with Gasteiger partial charge in [0.05, 0.1) is 12.6 Å². The molecule has 3 atom stereocenters. The van der Waals surface area contributed by atoms with E-state index in [1.54, 1.807) is 11.9 Å². The van der Waals surface area contributed by atoms with Gasteiger partial charge < -0.3 is 15.3 Å². The van der Waals surface area contributed by atoms with E-state index in [-0.39, 0.29) is 24.7 Å². The van der Waals surface area contributed by atoms with Crippen molar-refractivity contribution in [3.8, 4) is 0 Å². The third-order valence-electron chi connectivity index (χ3n) is 3.64. The van der Waals surface area contributed by atoms with Crippen molar-refractivity contribution in [1.82, 2.24) is 10.2 Å². The van der Waals surface area contributed by atoms with Crippen molar-refractivity contribution in [2.24, 2.45) is 0 Å². The minimum atomic E-state index is -0.133. The summed E-state index contributed by atoms with van der Waals surface area (Å²) in [7, 11) is 1.74. The molecule has 1 rings (SSSR count). The summed E-state index contributed by atoms with van der Waals surface area (Å²) in [6, 6.07) is 0.0839. The van der Waals surface area contributed by atoms with E-state index in [4.69, 9.17) is 5.11 Å². The molecular formula is C13H26N2O2S. The van der Waals surface area contributed by atoms with Gasteiger partial charge in [0.25, 0.3) is 0 Å². The Bertz CT molecular complexity index is 261. The van der Waals surface area contributed by atoms with Crippen LogP contribution in [0.4, 0.5) is 4.79 Å². The largest absolute Gasteiger partial charge is 0.394 e. The lowest BCUT2D eigenvalue weighted by Gasteiger charge is -2.34. The number of hydrogen-bond donors (Lipinski definition) is 2. The first-order valence-electron chi connectivity index (χ1n) is 6.85. The van der Waals surface area contributed by atoms with Crippen molar-refractivity contribution in [1.29, 1.82) is 0 Å². The molecule has 5 heteroatoms. The number of thioether (sulfide) groups is 1. The van der Waals surface area contributed by atoms with E-state index in [1.807, 2.05) is 18.7 Å². The molecule has 0 spiro atoms. The number of nitrogens with zero attached hydrogens (tertiary/aromatic N) is 1. The van der Waals surface area contributed by atoms with E-state index >= 15 is 0 Å². The maximum Gasteiger partial charge on any atom is 0.317 e. The number of likely N-dealkylation sites (N-methyl/N-ethyl adjacent to an activating group) is 1. The molecular weight excluding hydrogens is 248 g/mol. The normalized spacial score (nSPS) is 25.6. The quantitative estimate of drug-likeness (QED) is 0.807. The van der Waals surface area contributed by atoms with Crippen molar-refractivity contribution in [2.75, 3.05) is 19.4 Å². The number of rotatable bonds is 5. The molecule has 0 bridgehead atoms. The van der Waals surface area contributed by atoms with Crippen LogP contribution in [0.15, 0.2) is 0 Å². The molecule has 0 heterocycles. The summed E-state index contributed by atoms with van der Waals surface area (Å²) in [4.78, 5) is 13.6. The number of amides is 2. The highest BCUT2D eigenvalue weighted by Gasteiger charge is 2.27. The Balaban J connectivity index is 2.50. The molecule has 1 aliphatic carbocycles. The van der Waals surface area contributed by atoms with Crippen LogP contribution in [0, 0.1) is 0 Å². The fourth-order valence-electron chi connectivity index (χ4n) is 2.26. The minimum absolute atomic E-state index is 0.00171. The van der Waals surface area contributed by atoms with Crippen molar-refractivity contribution >= 4 is 17.8 Å². The van der Waals surface area contributed by atoms with Crippen molar-refractivity contribution in [3.63, 3.8) is 0 Å². The fraction of sp³-hybridized carbons (Fsp3) is 0.923. The van der Waals surface area contributed by atoms with Gasteiger partial charge in [0.2, 0.25) is 0 Å². The van der Waals surface area contributed by atoms with E-state index in [1.165, 1.54) is 19.3 Å². The molecule has 0 aromatic heterocycles. The standard InChI is InChI=1S/C13H26N2O2S/c1-4-18-12-8-6-5-7-11(12)14-13(17)15(3)10(2)9-16/h10-12,16H,4-9H2,1-3H3,(H,14,17). The molecule has 0 radical (unpaired) electrons. The summed E-state index contributed by atoms with van der Waals surface area (Å²) in [5.41, 5.74) is 0. The van der Waals surface area contributed by atoms with Crippen LogP contribution in [0.25, 0.3) is 0 Å². The predicted molar refractivity (Wildman–Crippen MR) is 77.0 cm³/mol. The van der Waals surface area contributed by atoms with E-state index < -0.39 is 0 Å². The van der Waals surface area contributed by atoms with Crippen LogP contribution in [-0.4, -0.2) is 52.8 Å². The third kappa shape index (κ3) is 4.35. The molecule has 0 aromatic rings. The van der Waals surface area contributed by atoms with Crippen molar-refractivity contribution < 1.29 is 9.90 Å². The van der Waals surface area contributed by atoms with Gasteiger partial charge in [-0.2, -0.15) is 11.8 Å². The Morgan fingerprint density at radius 2 is 2.17 bits per heavy atom. The van der Waals surface area contributed by atoms with Crippen molar-refractivity contribution in [2.45, 2.75) is 56.9 Å². The van der Waals surface area contributed by atoms with Gasteiger partial charge in [0.15, 0.2) is 0 Å². The van der Waals surface area contributed by atoms with E-state index in [9.17, 15) is 4.79 Å². The molecule has 0 aromatic carbocycles. The maximum absolute atomic E-state index is 12.1. The first kappa shape index (κ1) is 15.6. The Hall–Kier alpha value is -0.420. The molecule has 3 unspecified atom stereocenters. The highest BCUT2D eigenvalue weighted by molar-refractivity contribution is 7.99. The molecule has 2 N–H and O–H groups in total. The summed E-state index contributed by atoms with van der Waals surface area (Å²) in [6.07, 6.45) is 4.74. The molecule has 106 valence electrons. The Labute approximate surface area is 115 Å². The number of urea groups is 1. The third-order valence-corrected chi connectivity index (χ3v) is 4.96. The SMILES string of the molecule is CCSC1CCCCC1NC(=O)N(C)C(C)CO. The molecule has 18 heavy (non-hydrogen) atoms. The number of carbonyl (C=O) groups excluding carboxylic acids is 1. The van der Waals surface area contributed by atoms with Crippen LogP contribution >= 0.6 is 11.8 Å². The summed E-state index contributed by atoms with van der Waals surface area (Å²) < 4.78 is 0. The fourth-order valence-corrected chi connectivity index (χ4v) is 3.46. The lowest BCUT2D eigenvalue weighted by Crippen LogP contribution is -2.51. The summed E-state index contributed by atoms with van der Waals surface area (Å²) in [5, 5.41) is 12.7. The van der Waals surface area contributed by atoms with Crippen LogP contribution in [0.2, 0.25) is 0 Å². The highest BCUT2D eigenvalue weighted by Crippen LogP contribution is 2.28. The van der Waals surface area contributed by atoms with Crippen LogP contribution < -0.4 is 5.32 Å². The van der Waals surface area contributed by atoms with Gasteiger partial charge in [-0.25, -0.2) is 4.79 Å². The molecule has 2 amide bonds. The Kier molecular flexibility index (Phi) is 6.86. The zero-order valence-electron chi connectivity index (χ0n) is 11.7. The molecule has 0 saturated heterocycles. The van der Waals surface area contributed by atoms with Gasteiger partial charge in [0.1, 0.15) is 0 Å². The zero-order chi connectivity index (χ0) is 13.5. The number of aliphatic hydroxyl groups is 1. The average molecular weight is 274 g/mol. The first-order valence-corrected chi connectivity index (χ1v) is 7.90. The van der Waals surface area contributed by atoms with E-state index in [0.717, 1.165) is 12.2 Å². The smallest absolute Gasteiger partial charge is 0.317 e. The van der Waals surface area contributed by atoms with Crippen LogP contribution in [0.5, 0.6) is 0 Å². The highest BCUT2D eigenvalue weighted by atomic mass is 32.2. The second-order valence-electron chi connectivity index (χ2n) is 4.98. The van der Waals surface area contributed by atoms with Crippen LogP contribution in [0.1, 0.15) is 39.5 Å². The topological polar surface area (TPSA) is 52.6 Å². The lowest BCUT2D eigenvalue weighted by molar-refractivity contribution is 0.153. The van der Waals surface area contributed by atoms with Gasteiger partial charge in [-0.05, 0) is 25.5 Å². The molecule has 1 aliphatic rings. The second kappa shape index (κ2) is 7.89. The zero-order valence-corrected chi connectivity index (χ0v) is 12.5. The van der Waals surface area contributed by atoms with E-state index in [2.05, 4.69) is 12.2 Å². The molecule has 4 nitrogen and oxygen atoms in total. The van der Waals surface area contributed by atoms with Crippen LogP contribution in [0.3, 0.4) is 0 Å². The molecule has 0 aliphatic heterocycles. The van der Waals surface area contributed by atoms with Crippen LogP contribution in [-0.2, 0) is 0 Å². The second-order valence-corrected chi connectivity index (χ2v) is 6.49. The molecule has 1 fully saturated rings. The number of nitrogens with one attached hydrogen (secondary N) is 1. The Morgan fingerprint density at radius 3 is 2.78 bits per heavy atom. The van der Waals surface area contributed by atoms with Crippen molar-refractivity contribution in [3.05, 3.63) is 0 Å². The van der Waals surface area contributed by atoms with Gasteiger partial charge in [-0.1, -0.05) is 19.8 Å². The summed E-state index contributed by atoms with van der Waals surface area (Å²) in [5.74, 6) is 1.10. The Morgan fingerprint density at radius 1 is 1.50 bits per heavy atom. The van der Waals surface area contributed by atoms with Gasteiger partial charge in [-0.3, -0.25) is 0 Å². The first-order chi connectivity index (χ1) is 8.60. The molecule has 1 saturated carbocycles. The van der Waals surface area contributed by atoms with Gasteiger partial charge in [-0.15, -0.1) is 0 Å². The summed E-state index contributed by atoms with van der Waals surface area (Å²) in [6.45, 7) is 4.01. The monoisotopic (exact) mass is 274 g/mol. The van der Waals surface area contributed by atoms with Gasteiger partial charge in [0, 0.05) is 18.3 Å². The minimum Gasteiger partial charge on any atom is -0.394 e. The summed E-state index contributed by atoms with van der Waals surface area (Å²) >= 11 is 1.95. The predicted octanol–water partition coefficient (Wildman–Crippen LogP) is 2.07. The average Bonchev–Trinajstić information content (AvgIpc) is 2.39. The lowest BCUT2D eigenvalue weighted by atomic mass is 9.95. The van der Waals surface area contributed by atoms with Gasteiger partial charge >= 0.3 is 6.03 Å². The number of carbonyl (C=O) groups is 1. The number of aliphatic hydroxyl groups excluding tert-OH is 1.